The van der Waals surface area contributed by atoms with Gasteiger partial charge in [0.05, 0.1) is 20.6 Å². The van der Waals surface area contributed by atoms with E-state index in [1.807, 2.05) is 54.8 Å². The maximum Gasteiger partial charge on any atom is 0.230 e. The van der Waals surface area contributed by atoms with Crippen molar-refractivity contribution in [2.24, 2.45) is 0 Å². The van der Waals surface area contributed by atoms with Crippen molar-refractivity contribution in [2.45, 2.75) is 13.3 Å². The van der Waals surface area contributed by atoms with Crippen LogP contribution in [0.4, 0.5) is 5.13 Å². The van der Waals surface area contributed by atoms with Crippen LogP contribution in [0.25, 0.3) is 22.4 Å². The van der Waals surface area contributed by atoms with Gasteiger partial charge in [0.25, 0.3) is 0 Å². The van der Waals surface area contributed by atoms with Crippen LogP contribution >= 0.6 is 11.3 Å². The molecule has 0 fully saturated rings. The van der Waals surface area contributed by atoms with Crippen LogP contribution in [0.5, 0.6) is 11.5 Å². The van der Waals surface area contributed by atoms with Crippen LogP contribution in [0.1, 0.15) is 11.1 Å². The molecular weight excluding hydrogens is 388 g/mol. The molecule has 4 aromatic rings. The number of furan rings is 1. The van der Waals surface area contributed by atoms with Gasteiger partial charge in [0.2, 0.25) is 5.91 Å². The van der Waals surface area contributed by atoms with E-state index >= 15 is 0 Å². The maximum absolute atomic E-state index is 12.4. The molecule has 0 unspecified atom stereocenters. The third kappa shape index (κ3) is 4.09. The van der Waals surface area contributed by atoms with Crippen molar-refractivity contribution in [1.29, 1.82) is 0 Å². The number of aryl methyl sites for hydroxylation is 1. The molecule has 0 spiro atoms. The number of fused-ring (bicyclic) bond motifs is 1. The minimum atomic E-state index is -0.121. The Balaban J connectivity index is 1.46. The number of aromatic nitrogens is 1. The number of carbonyl (C=O) groups is 1. The number of carbonyl (C=O) groups excluding carboxylic acids is 1. The number of nitrogens with one attached hydrogen (secondary N) is 1. The third-order valence-corrected chi connectivity index (χ3v) is 5.31. The van der Waals surface area contributed by atoms with Crippen molar-refractivity contribution in [3.63, 3.8) is 0 Å². The van der Waals surface area contributed by atoms with Crippen molar-refractivity contribution < 1.29 is 18.7 Å². The average molecular weight is 408 g/mol. The summed E-state index contributed by atoms with van der Waals surface area (Å²) in [5.74, 6) is 2.10. The largest absolute Gasteiger partial charge is 0.497 e. The fraction of sp³-hybridized carbons (Fsp3) is 0.182. The molecule has 1 amide bonds. The molecule has 0 atom stereocenters. The van der Waals surface area contributed by atoms with Crippen molar-refractivity contribution in [2.75, 3.05) is 19.5 Å². The highest BCUT2D eigenvalue weighted by atomic mass is 32.1. The molecule has 7 heteroatoms. The summed E-state index contributed by atoms with van der Waals surface area (Å²) < 4.78 is 16.4. The summed E-state index contributed by atoms with van der Waals surface area (Å²) in [6.45, 7) is 1.95. The summed E-state index contributed by atoms with van der Waals surface area (Å²) in [5, 5.41) is 6.19. The van der Waals surface area contributed by atoms with Crippen molar-refractivity contribution in [1.82, 2.24) is 4.98 Å². The quantitative estimate of drug-likeness (QED) is 0.483. The summed E-state index contributed by atoms with van der Waals surface area (Å²) in [4.78, 5) is 16.9. The summed E-state index contributed by atoms with van der Waals surface area (Å²) >= 11 is 1.36. The minimum Gasteiger partial charge on any atom is -0.497 e. The highest BCUT2D eigenvalue weighted by molar-refractivity contribution is 7.14. The van der Waals surface area contributed by atoms with E-state index in [9.17, 15) is 4.79 Å². The molecule has 1 N–H and O–H groups in total. The molecular formula is C22H20N2O4S. The fourth-order valence-electron chi connectivity index (χ4n) is 3.12. The lowest BCUT2D eigenvalue weighted by Gasteiger charge is -2.07. The fourth-order valence-corrected chi connectivity index (χ4v) is 3.83. The number of anilines is 1. The first kappa shape index (κ1) is 19.0. The van der Waals surface area contributed by atoms with Crippen LogP contribution in [0.15, 0.2) is 52.3 Å². The highest BCUT2D eigenvalue weighted by Crippen LogP contribution is 2.32. The number of amides is 1. The summed E-state index contributed by atoms with van der Waals surface area (Å²) in [7, 11) is 3.26. The van der Waals surface area contributed by atoms with Crippen LogP contribution in [-0.2, 0) is 11.2 Å². The van der Waals surface area contributed by atoms with Gasteiger partial charge in [-0.3, -0.25) is 4.79 Å². The van der Waals surface area contributed by atoms with Crippen LogP contribution < -0.4 is 14.8 Å². The van der Waals surface area contributed by atoms with Crippen LogP contribution in [-0.4, -0.2) is 25.1 Å². The molecule has 0 aliphatic rings. The summed E-state index contributed by atoms with van der Waals surface area (Å²) in [6, 6.07) is 13.3. The standard InChI is InChI=1S/C22H20N2O4S/c1-13-8-14(4-6-18(13)27-3)9-21(25)24-22-23-17(12-29-22)20-11-15-10-16(26-2)5-7-19(15)28-20/h4-8,10-12H,9H2,1-3H3,(H,23,24,25). The maximum atomic E-state index is 12.4. The van der Waals surface area contributed by atoms with E-state index in [2.05, 4.69) is 10.3 Å². The molecule has 0 saturated heterocycles. The van der Waals surface area contributed by atoms with Gasteiger partial charge in [-0.05, 0) is 48.4 Å². The Labute approximate surface area is 172 Å². The summed E-state index contributed by atoms with van der Waals surface area (Å²) in [6.07, 6.45) is 0.268. The van der Waals surface area contributed by atoms with Gasteiger partial charge in [-0.25, -0.2) is 4.98 Å². The number of methoxy groups -OCH3 is 2. The molecule has 0 aliphatic carbocycles. The van der Waals surface area contributed by atoms with E-state index in [1.165, 1.54) is 11.3 Å². The Kier molecular flexibility index (Phi) is 5.22. The topological polar surface area (TPSA) is 73.6 Å². The molecule has 0 bridgehead atoms. The van der Waals surface area contributed by atoms with Gasteiger partial charge in [-0.1, -0.05) is 12.1 Å². The summed E-state index contributed by atoms with van der Waals surface area (Å²) in [5.41, 5.74) is 3.36. The van der Waals surface area contributed by atoms with Gasteiger partial charge in [0.1, 0.15) is 22.8 Å². The Bertz CT molecular complexity index is 1180. The zero-order chi connectivity index (χ0) is 20.4. The van der Waals surface area contributed by atoms with Gasteiger partial charge in [0, 0.05) is 10.8 Å². The van der Waals surface area contributed by atoms with Gasteiger partial charge in [0.15, 0.2) is 10.9 Å². The van der Waals surface area contributed by atoms with E-state index in [-0.39, 0.29) is 12.3 Å². The first-order chi connectivity index (χ1) is 14.1. The highest BCUT2D eigenvalue weighted by Gasteiger charge is 2.13. The molecule has 2 heterocycles. The Hall–Kier alpha value is -3.32. The van der Waals surface area contributed by atoms with E-state index in [0.29, 0.717) is 16.6 Å². The second-order valence-corrected chi connectivity index (χ2v) is 7.44. The monoisotopic (exact) mass is 408 g/mol. The van der Waals surface area contributed by atoms with Crippen molar-refractivity contribution in [3.8, 4) is 23.0 Å². The molecule has 0 aliphatic heterocycles. The van der Waals surface area contributed by atoms with E-state index in [1.54, 1.807) is 14.2 Å². The predicted octanol–water partition coefficient (Wildman–Crippen LogP) is 5.06. The molecule has 148 valence electrons. The lowest BCUT2D eigenvalue weighted by Crippen LogP contribution is -2.14. The van der Waals surface area contributed by atoms with Gasteiger partial charge >= 0.3 is 0 Å². The van der Waals surface area contributed by atoms with Gasteiger partial charge in [-0.2, -0.15) is 0 Å². The van der Waals surface area contributed by atoms with Crippen LogP contribution in [0.3, 0.4) is 0 Å². The van der Waals surface area contributed by atoms with Crippen LogP contribution in [0, 0.1) is 6.92 Å². The SMILES string of the molecule is COc1ccc2oc(-c3csc(NC(=O)Cc4ccc(OC)c(C)c4)n3)cc2c1. The second-order valence-electron chi connectivity index (χ2n) is 6.58. The number of benzene rings is 2. The number of nitrogens with zero attached hydrogens (tertiary/aromatic N) is 1. The third-order valence-electron chi connectivity index (χ3n) is 4.55. The smallest absolute Gasteiger partial charge is 0.230 e. The Morgan fingerprint density at radius 1 is 1.14 bits per heavy atom. The number of hydrogen-bond acceptors (Lipinski definition) is 6. The lowest BCUT2D eigenvalue weighted by molar-refractivity contribution is -0.115. The number of rotatable bonds is 6. The number of thiazole rings is 1. The predicted molar refractivity (Wildman–Crippen MR) is 114 cm³/mol. The molecule has 2 aromatic carbocycles. The van der Waals surface area contributed by atoms with E-state index < -0.39 is 0 Å². The number of hydrogen-bond donors (Lipinski definition) is 1. The molecule has 0 saturated carbocycles. The normalized spacial score (nSPS) is 10.9. The van der Waals surface area contributed by atoms with E-state index in [4.69, 9.17) is 13.9 Å². The first-order valence-corrected chi connectivity index (χ1v) is 9.90. The molecule has 29 heavy (non-hydrogen) atoms. The molecule has 6 nitrogen and oxygen atoms in total. The molecule has 0 radical (unpaired) electrons. The van der Waals surface area contributed by atoms with Crippen molar-refractivity contribution >= 4 is 33.3 Å². The first-order valence-electron chi connectivity index (χ1n) is 9.02. The zero-order valence-electron chi connectivity index (χ0n) is 16.3. The van der Waals surface area contributed by atoms with Crippen LogP contribution in [0.2, 0.25) is 0 Å². The number of ether oxygens (including phenoxy) is 2. The minimum absolute atomic E-state index is 0.121. The van der Waals surface area contributed by atoms with Gasteiger partial charge in [-0.15, -0.1) is 11.3 Å². The average Bonchev–Trinajstić information content (AvgIpc) is 3.34. The molecule has 4 rings (SSSR count). The van der Waals surface area contributed by atoms with E-state index in [0.717, 1.165) is 33.6 Å². The Morgan fingerprint density at radius 3 is 2.76 bits per heavy atom. The molecule has 2 aromatic heterocycles. The van der Waals surface area contributed by atoms with Crippen molar-refractivity contribution in [3.05, 3.63) is 59.0 Å². The Morgan fingerprint density at radius 2 is 2.00 bits per heavy atom. The second kappa shape index (κ2) is 7.97. The zero-order valence-corrected chi connectivity index (χ0v) is 17.1. The lowest BCUT2D eigenvalue weighted by atomic mass is 10.1. The van der Waals surface area contributed by atoms with Gasteiger partial charge < -0.3 is 19.2 Å².